The number of carbonyl (C=O) groups excluding carboxylic acids is 1. The van der Waals surface area contributed by atoms with Crippen molar-refractivity contribution in [3.63, 3.8) is 0 Å². The molecule has 2 aromatic carbocycles. The van der Waals surface area contributed by atoms with Crippen LogP contribution in [0.4, 0.5) is 0 Å². The van der Waals surface area contributed by atoms with Crippen LogP contribution in [0.15, 0.2) is 60.8 Å². The van der Waals surface area contributed by atoms with Crippen LogP contribution >= 0.6 is 0 Å². The predicted molar refractivity (Wildman–Crippen MR) is 114 cm³/mol. The number of amides is 1. The molecular formula is C24H21N3O2. The van der Waals surface area contributed by atoms with Crippen molar-refractivity contribution in [1.82, 2.24) is 14.9 Å². The molecule has 1 aliphatic rings. The summed E-state index contributed by atoms with van der Waals surface area (Å²) in [5, 5.41) is 2.07. The number of nitrogens with zero attached hydrogens (tertiary/aromatic N) is 3. The second-order valence-electron chi connectivity index (χ2n) is 7.32. The van der Waals surface area contributed by atoms with E-state index in [0.29, 0.717) is 31.9 Å². The molecule has 5 nitrogen and oxygen atoms in total. The largest absolute Gasteiger partial charge is 0.378 e. The fourth-order valence-electron chi connectivity index (χ4n) is 3.99. The fraction of sp³-hybridized carbons (Fsp3) is 0.208. The molecule has 1 aliphatic heterocycles. The Bertz CT molecular complexity index is 1220. The predicted octanol–water partition coefficient (Wildman–Crippen LogP) is 4.23. The number of fused-ring (bicyclic) bond motifs is 2. The van der Waals surface area contributed by atoms with E-state index < -0.39 is 0 Å². The number of benzene rings is 2. The van der Waals surface area contributed by atoms with E-state index in [-0.39, 0.29) is 5.91 Å². The van der Waals surface area contributed by atoms with Crippen LogP contribution in [0, 0.1) is 6.92 Å². The molecule has 0 atom stereocenters. The van der Waals surface area contributed by atoms with Gasteiger partial charge in [-0.25, -0.2) is 0 Å². The molecule has 5 heteroatoms. The van der Waals surface area contributed by atoms with Crippen LogP contribution in [-0.4, -0.2) is 47.1 Å². The lowest BCUT2D eigenvalue weighted by Gasteiger charge is -2.27. The number of ether oxygens (including phenoxy) is 1. The van der Waals surface area contributed by atoms with Crippen LogP contribution in [0.3, 0.4) is 0 Å². The van der Waals surface area contributed by atoms with Crippen LogP contribution in [0.25, 0.3) is 32.9 Å². The molecule has 1 fully saturated rings. The van der Waals surface area contributed by atoms with Crippen LogP contribution < -0.4 is 0 Å². The minimum atomic E-state index is 0.0429. The fourth-order valence-corrected chi connectivity index (χ4v) is 3.99. The highest BCUT2D eigenvalue weighted by Crippen LogP contribution is 2.33. The number of rotatable bonds is 2. The van der Waals surface area contributed by atoms with E-state index in [0.717, 1.165) is 38.6 Å². The van der Waals surface area contributed by atoms with Crippen LogP contribution in [0.5, 0.6) is 0 Å². The van der Waals surface area contributed by atoms with Gasteiger partial charge >= 0.3 is 0 Å². The second-order valence-corrected chi connectivity index (χ2v) is 7.32. The van der Waals surface area contributed by atoms with Crippen LogP contribution in [0.2, 0.25) is 0 Å². The van der Waals surface area contributed by atoms with Crippen molar-refractivity contribution in [2.24, 2.45) is 0 Å². The van der Waals surface area contributed by atoms with Crippen molar-refractivity contribution in [3.05, 3.63) is 72.1 Å². The van der Waals surface area contributed by atoms with Gasteiger partial charge in [0.2, 0.25) is 0 Å². The highest BCUT2D eigenvalue weighted by Gasteiger charge is 2.20. The number of hydrogen-bond donors (Lipinski definition) is 0. The van der Waals surface area contributed by atoms with E-state index in [1.54, 1.807) is 0 Å². The number of morpholine rings is 1. The van der Waals surface area contributed by atoms with E-state index >= 15 is 0 Å². The lowest BCUT2D eigenvalue weighted by molar-refractivity contribution is 0.0303. The summed E-state index contributed by atoms with van der Waals surface area (Å²) in [7, 11) is 0. The molecular weight excluding hydrogens is 362 g/mol. The second kappa shape index (κ2) is 7.26. The van der Waals surface area contributed by atoms with Crippen molar-refractivity contribution in [1.29, 1.82) is 0 Å². The van der Waals surface area contributed by atoms with Gasteiger partial charge in [-0.05, 0) is 54.4 Å². The molecule has 0 radical (unpaired) electrons. The summed E-state index contributed by atoms with van der Waals surface area (Å²) in [5.74, 6) is 0.0429. The maximum atomic E-state index is 13.0. The molecule has 5 rings (SSSR count). The Morgan fingerprint density at radius 3 is 2.62 bits per heavy atom. The van der Waals surface area contributed by atoms with Gasteiger partial charge in [0, 0.05) is 41.3 Å². The quantitative estimate of drug-likeness (QED) is 0.520. The third kappa shape index (κ3) is 3.23. The first-order valence-electron chi connectivity index (χ1n) is 9.83. The van der Waals surface area contributed by atoms with Gasteiger partial charge in [-0.15, -0.1) is 0 Å². The molecule has 0 aliphatic carbocycles. The Morgan fingerprint density at radius 1 is 0.931 bits per heavy atom. The Labute approximate surface area is 169 Å². The zero-order valence-corrected chi connectivity index (χ0v) is 16.3. The highest BCUT2D eigenvalue weighted by molar-refractivity contribution is 6.06. The van der Waals surface area contributed by atoms with Gasteiger partial charge in [0.15, 0.2) is 0 Å². The number of aromatic nitrogens is 2. The van der Waals surface area contributed by atoms with Crippen LogP contribution in [-0.2, 0) is 4.74 Å². The van der Waals surface area contributed by atoms with Gasteiger partial charge in [-0.1, -0.05) is 18.2 Å². The summed E-state index contributed by atoms with van der Waals surface area (Å²) in [6, 6.07) is 18.0. The molecule has 0 spiro atoms. The maximum absolute atomic E-state index is 13.0. The molecule has 144 valence electrons. The Hall–Kier alpha value is -3.31. The molecule has 0 N–H and O–H groups in total. The SMILES string of the molecule is Cc1cc(-c2ccnc3ccccc23)c2cc(C(=O)N3CCOCC3)ccc2n1. The third-order valence-corrected chi connectivity index (χ3v) is 5.42. The molecule has 1 saturated heterocycles. The highest BCUT2D eigenvalue weighted by atomic mass is 16.5. The van der Waals surface area contributed by atoms with E-state index in [4.69, 9.17) is 9.72 Å². The van der Waals surface area contributed by atoms with Crippen molar-refractivity contribution in [3.8, 4) is 11.1 Å². The smallest absolute Gasteiger partial charge is 0.254 e. The molecule has 0 bridgehead atoms. The molecule has 29 heavy (non-hydrogen) atoms. The summed E-state index contributed by atoms with van der Waals surface area (Å²) in [6.07, 6.45) is 1.84. The molecule has 4 aromatic rings. The van der Waals surface area contributed by atoms with E-state index in [9.17, 15) is 4.79 Å². The lowest BCUT2D eigenvalue weighted by Crippen LogP contribution is -2.40. The van der Waals surface area contributed by atoms with E-state index in [2.05, 4.69) is 17.1 Å². The first-order chi connectivity index (χ1) is 14.2. The normalized spacial score (nSPS) is 14.4. The van der Waals surface area contributed by atoms with E-state index in [1.165, 1.54) is 0 Å². The standard InChI is InChI=1S/C24H21N3O2/c1-16-14-20(18-8-9-25-22-5-3-2-4-19(18)22)21-15-17(6-7-23(21)26-16)24(28)27-10-12-29-13-11-27/h2-9,14-15H,10-13H2,1H3. The topological polar surface area (TPSA) is 55.3 Å². The number of hydrogen-bond acceptors (Lipinski definition) is 4. The zero-order valence-electron chi connectivity index (χ0n) is 16.3. The lowest BCUT2D eigenvalue weighted by atomic mass is 9.96. The molecule has 0 saturated carbocycles. The minimum absolute atomic E-state index is 0.0429. The average molecular weight is 383 g/mol. The van der Waals surface area contributed by atoms with Crippen molar-refractivity contribution in [2.75, 3.05) is 26.3 Å². The number of para-hydroxylation sites is 1. The van der Waals surface area contributed by atoms with Gasteiger partial charge in [0.1, 0.15) is 0 Å². The summed E-state index contributed by atoms with van der Waals surface area (Å²) >= 11 is 0. The first kappa shape index (κ1) is 17.8. The van der Waals surface area contributed by atoms with Gasteiger partial charge in [-0.3, -0.25) is 14.8 Å². The van der Waals surface area contributed by atoms with Crippen LogP contribution in [0.1, 0.15) is 16.1 Å². The Kier molecular flexibility index (Phi) is 4.45. The summed E-state index contributed by atoms with van der Waals surface area (Å²) in [4.78, 5) is 24.0. The Balaban J connectivity index is 1.69. The summed E-state index contributed by atoms with van der Waals surface area (Å²) in [6.45, 7) is 4.44. The average Bonchev–Trinajstić information content (AvgIpc) is 2.78. The number of aryl methyl sites for hydroxylation is 1. The number of carbonyl (C=O) groups is 1. The zero-order chi connectivity index (χ0) is 19.8. The van der Waals surface area contributed by atoms with Crippen molar-refractivity contribution < 1.29 is 9.53 Å². The number of pyridine rings is 2. The van der Waals surface area contributed by atoms with Crippen molar-refractivity contribution in [2.45, 2.75) is 6.92 Å². The van der Waals surface area contributed by atoms with Gasteiger partial charge in [0.25, 0.3) is 5.91 Å². The van der Waals surface area contributed by atoms with E-state index in [1.807, 2.05) is 60.5 Å². The first-order valence-corrected chi connectivity index (χ1v) is 9.83. The molecule has 0 unspecified atom stereocenters. The minimum Gasteiger partial charge on any atom is -0.378 e. The molecule has 1 amide bonds. The van der Waals surface area contributed by atoms with Gasteiger partial charge < -0.3 is 9.64 Å². The molecule has 3 heterocycles. The Morgan fingerprint density at radius 2 is 1.76 bits per heavy atom. The monoisotopic (exact) mass is 383 g/mol. The summed E-state index contributed by atoms with van der Waals surface area (Å²) in [5.41, 5.74) is 5.64. The molecule has 2 aromatic heterocycles. The third-order valence-electron chi connectivity index (χ3n) is 5.42. The maximum Gasteiger partial charge on any atom is 0.254 e. The van der Waals surface area contributed by atoms with Crippen molar-refractivity contribution >= 4 is 27.7 Å². The van der Waals surface area contributed by atoms with Gasteiger partial charge in [-0.2, -0.15) is 0 Å². The summed E-state index contributed by atoms with van der Waals surface area (Å²) < 4.78 is 5.38. The van der Waals surface area contributed by atoms with Gasteiger partial charge in [0.05, 0.1) is 24.2 Å².